The molecule has 0 atom stereocenters. The molecule has 1 aromatic carbocycles. The summed E-state index contributed by atoms with van der Waals surface area (Å²) in [5, 5.41) is 32.6. The second-order valence-electron chi connectivity index (χ2n) is 7.10. The first kappa shape index (κ1) is 28.6. The fourth-order valence-corrected chi connectivity index (χ4v) is 3.64. The summed E-state index contributed by atoms with van der Waals surface area (Å²) in [6, 6.07) is 2.48. The van der Waals surface area contributed by atoms with Gasteiger partial charge in [-0.2, -0.15) is 30.7 Å². The largest absolute Gasteiger partial charge is 0.460 e. The number of aromatic nitrogens is 5. The molecule has 2 heterocycles. The van der Waals surface area contributed by atoms with Gasteiger partial charge in [-0.15, -0.1) is 5.10 Å². The number of halogens is 8. The number of nitrogens with zero attached hydrogens (tertiary/aromatic N) is 6. The predicted octanol–water partition coefficient (Wildman–Crippen LogP) is 3.80. The van der Waals surface area contributed by atoms with Gasteiger partial charge in [0, 0.05) is 28.8 Å². The Balaban J connectivity index is 1.95. The zero-order valence-corrected chi connectivity index (χ0v) is 18.9. The number of amides is 1. The minimum atomic E-state index is -6.67. The number of non-ortho nitro benzene ring substituents is 1. The Morgan fingerprint density at radius 3 is 2.42 bits per heavy atom. The van der Waals surface area contributed by atoms with E-state index in [1.54, 1.807) is 5.32 Å². The number of tetrazole rings is 1. The molecule has 0 spiro atoms. The number of carbonyl (C=O) groups is 1. The van der Waals surface area contributed by atoms with Gasteiger partial charge in [-0.3, -0.25) is 14.9 Å². The van der Waals surface area contributed by atoms with Crippen LogP contribution in [-0.2, 0) is 12.5 Å². The third-order valence-corrected chi connectivity index (χ3v) is 5.67. The molecule has 0 aliphatic rings. The fraction of sp³-hybridized carbons (Fsp3) is 0.278. The first-order valence-electron chi connectivity index (χ1n) is 9.73. The van der Waals surface area contributed by atoms with Gasteiger partial charge in [-0.05, 0) is 34.3 Å². The number of hydrogen-bond acceptors (Lipinski definition) is 9. The van der Waals surface area contributed by atoms with Crippen LogP contribution >= 0.6 is 11.8 Å². The lowest BCUT2D eigenvalue weighted by molar-refractivity contribution is -0.384. The van der Waals surface area contributed by atoms with Gasteiger partial charge in [0.05, 0.1) is 23.6 Å². The maximum absolute atomic E-state index is 14.4. The van der Waals surface area contributed by atoms with Crippen LogP contribution < -0.4 is 5.32 Å². The van der Waals surface area contributed by atoms with Gasteiger partial charge >= 0.3 is 18.0 Å². The van der Waals surface area contributed by atoms with E-state index >= 15 is 0 Å². The smallest absolute Gasteiger partial charge is 0.394 e. The fourth-order valence-electron chi connectivity index (χ4n) is 2.74. The zero-order chi connectivity index (χ0) is 28.5. The summed E-state index contributed by atoms with van der Waals surface area (Å²) in [4.78, 5) is 26.1. The molecular formula is C18H11F8N7O4S. The van der Waals surface area contributed by atoms with Crippen LogP contribution in [0, 0.1) is 15.9 Å². The van der Waals surface area contributed by atoms with Gasteiger partial charge in [0.15, 0.2) is 11.6 Å². The summed E-state index contributed by atoms with van der Waals surface area (Å²) >= 11 is 0.691. The number of nitrogens with one attached hydrogen (secondary N) is 1. The SMILES string of the molecule is O=C(Nc1ncc(C(F)(F)C(F)(F)C(F)(F)F)cc1F)c1cc([N+](=O)[O-])ccc1Sc1nnnn1CCO. The molecule has 3 aromatic rings. The second-order valence-corrected chi connectivity index (χ2v) is 8.11. The number of alkyl halides is 7. The van der Waals surface area contributed by atoms with Crippen LogP contribution in [-0.4, -0.2) is 59.8 Å². The molecule has 0 unspecified atom stereocenters. The Hall–Kier alpha value is -3.94. The Labute approximate surface area is 209 Å². The molecule has 0 aliphatic heterocycles. The lowest BCUT2D eigenvalue weighted by Crippen LogP contribution is -2.50. The molecule has 20 heteroatoms. The van der Waals surface area contributed by atoms with Crippen LogP contribution in [0.4, 0.5) is 46.6 Å². The van der Waals surface area contributed by atoms with Crippen molar-refractivity contribution in [2.75, 3.05) is 11.9 Å². The van der Waals surface area contributed by atoms with Crippen molar-refractivity contribution in [1.82, 2.24) is 25.2 Å². The van der Waals surface area contributed by atoms with Crippen molar-refractivity contribution in [3.05, 3.63) is 57.5 Å². The normalized spacial score (nSPS) is 12.4. The minimum absolute atomic E-state index is 0.0171. The van der Waals surface area contributed by atoms with Gasteiger partial charge in [0.25, 0.3) is 11.6 Å². The Morgan fingerprint density at radius 1 is 1.16 bits per heavy atom. The van der Waals surface area contributed by atoms with Crippen molar-refractivity contribution in [2.24, 2.45) is 0 Å². The molecule has 1 amide bonds. The number of benzene rings is 1. The van der Waals surface area contributed by atoms with Crippen LogP contribution in [0.5, 0.6) is 0 Å². The number of aliphatic hydroxyl groups is 1. The highest BCUT2D eigenvalue weighted by atomic mass is 32.2. The van der Waals surface area contributed by atoms with Gasteiger partial charge in [0.1, 0.15) is 0 Å². The average Bonchev–Trinajstić information content (AvgIpc) is 3.26. The van der Waals surface area contributed by atoms with Crippen molar-refractivity contribution in [3.63, 3.8) is 0 Å². The van der Waals surface area contributed by atoms with Crippen molar-refractivity contribution in [3.8, 4) is 0 Å². The molecular weight excluding hydrogens is 562 g/mol. The van der Waals surface area contributed by atoms with E-state index in [0.717, 1.165) is 22.9 Å². The lowest BCUT2D eigenvalue weighted by atomic mass is 10.0. The standard InChI is InChI=1S/C18H11F8N7O4S/c19-11-5-8(16(20,21)17(22,23)18(24,25)26)7-27-13(11)28-14(35)10-6-9(33(36)37)1-2-12(10)38-15-29-30-31-32(15)3-4-34/h1-2,5-7,34H,3-4H2,(H,27,28,35). The van der Waals surface area contributed by atoms with E-state index < -0.39 is 57.3 Å². The second kappa shape index (κ2) is 10.4. The summed E-state index contributed by atoms with van der Waals surface area (Å²) < 4.78 is 107. The van der Waals surface area contributed by atoms with Gasteiger partial charge in [-0.1, -0.05) is 0 Å². The van der Waals surface area contributed by atoms with E-state index in [1.165, 1.54) is 0 Å². The summed E-state index contributed by atoms with van der Waals surface area (Å²) in [7, 11) is 0. The Morgan fingerprint density at radius 2 is 1.84 bits per heavy atom. The van der Waals surface area contributed by atoms with Gasteiger partial charge < -0.3 is 10.4 Å². The van der Waals surface area contributed by atoms with E-state index in [1.807, 2.05) is 0 Å². The maximum Gasteiger partial charge on any atom is 0.460 e. The molecule has 38 heavy (non-hydrogen) atoms. The van der Waals surface area contributed by atoms with Crippen molar-refractivity contribution >= 4 is 29.2 Å². The predicted molar refractivity (Wildman–Crippen MR) is 109 cm³/mol. The summed E-state index contributed by atoms with van der Waals surface area (Å²) in [5.74, 6) is -16.8. The van der Waals surface area contributed by atoms with E-state index in [2.05, 4.69) is 20.5 Å². The third kappa shape index (κ3) is 5.49. The Kier molecular flexibility index (Phi) is 7.86. The number of pyridine rings is 1. The molecule has 0 bridgehead atoms. The Bertz CT molecular complexity index is 1370. The zero-order valence-electron chi connectivity index (χ0n) is 18.1. The number of hydrogen-bond donors (Lipinski definition) is 2. The number of rotatable bonds is 9. The lowest BCUT2D eigenvalue weighted by Gasteiger charge is -2.28. The van der Waals surface area contributed by atoms with E-state index in [0.29, 0.717) is 11.8 Å². The quantitative estimate of drug-likeness (QED) is 0.222. The summed E-state index contributed by atoms with van der Waals surface area (Å²) in [6.07, 6.45) is -6.86. The van der Waals surface area contributed by atoms with Crippen molar-refractivity contribution < 1.29 is 49.9 Å². The molecule has 11 nitrogen and oxygen atoms in total. The highest BCUT2D eigenvalue weighted by Crippen LogP contribution is 2.51. The number of aliphatic hydroxyl groups excluding tert-OH is 1. The van der Waals surface area contributed by atoms with Crippen LogP contribution in [0.25, 0.3) is 0 Å². The topological polar surface area (TPSA) is 149 Å². The van der Waals surface area contributed by atoms with Crippen LogP contribution in [0.1, 0.15) is 15.9 Å². The summed E-state index contributed by atoms with van der Waals surface area (Å²) in [6.45, 7) is -0.440. The molecule has 0 saturated carbocycles. The number of carbonyl (C=O) groups excluding carboxylic acids is 1. The first-order valence-corrected chi connectivity index (χ1v) is 10.5. The van der Waals surface area contributed by atoms with Crippen LogP contribution in [0.2, 0.25) is 0 Å². The monoisotopic (exact) mass is 573 g/mol. The molecule has 0 aliphatic carbocycles. The number of nitro benzene ring substituents is 1. The number of anilines is 1. The molecule has 2 N–H and O–H groups in total. The van der Waals surface area contributed by atoms with E-state index in [4.69, 9.17) is 5.11 Å². The molecule has 2 aromatic heterocycles. The van der Waals surface area contributed by atoms with E-state index in [-0.39, 0.29) is 35.5 Å². The molecule has 0 radical (unpaired) electrons. The first-order chi connectivity index (χ1) is 17.6. The molecule has 204 valence electrons. The average molecular weight is 573 g/mol. The number of nitro groups is 1. The highest BCUT2D eigenvalue weighted by molar-refractivity contribution is 7.99. The highest BCUT2D eigenvalue weighted by Gasteiger charge is 2.73. The van der Waals surface area contributed by atoms with Crippen LogP contribution in [0.15, 0.2) is 40.5 Å². The van der Waals surface area contributed by atoms with Crippen molar-refractivity contribution in [1.29, 1.82) is 0 Å². The minimum Gasteiger partial charge on any atom is -0.394 e. The molecule has 3 rings (SSSR count). The maximum atomic E-state index is 14.4. The third-order valence-electron chi connectivity index (χ3n) is 4.62. The van der Waals surface area contributed by atoms with E-state index in [9.17, 15) is 50.0 Å². The molecule has 0 saturated heterocycles. The molecule has 0 fully saturated rings. The summed E-state index contributed by atoms with van der Waals surface area (Å²) in [5.41, 5.74) is -3.23. The van der Waals surface area contributed by atoms with Crippen LogP contribution in [0.3, 0.4) is 0 Å². The van der Waals surface area contributed by atoms with Crippen molar-refractivity contribution in [2.45, 2.75) is 34.6 Å². The van der Waals surface area contributed by atoms with Gasteiger partial charge in [0.2, 0.25) is 5.16 Å². The van der Waals surface area contributed by atoms with Gasteiger partial charge in [-0.25, -0.2) is 14.1 Å².